The van der Waals surface area contributed by atoms with Gasteiger partial charge in [-0.25, -0.2) is 9.78 Å². The average molecular weight is 419 g/mol. The van der Waals surface area contributed by atoms with E-state index in [4.69, 9.17) is 10.5 Å². The molecule has 0 bridgehead atoms. The number of ether oxygens (including phenoxy) is 1. The number of primary amides is 1. The largest absolute Gasteiger partial charge is 0.462 e. The van der Waals surface area contributed by atoms with Crippen molar-refractivity contribution in [2.45, 2.75) is 19.0 Å². The number of carbonyl (C=O) groups is 3. The molecule has 3 rings (SSSR count). The maximum absolute atomic E-state index is 12.4. The molecule has 0 saturated carbocycles. The van der Waals surface area contributed by atoms with E-state index in [1.807, 2.05) is 24.3 Å². The molecule has 146 valence electrons. The van der Waals surface area contributed by atoms with Crippen LogP contribution in [-0.2, 0) is 9.53 Å². The van der Waals surface area contributed by atoms with E-state index in [1.54, 1.807) is 13.8 Å². The zero-order chi connectivity index (χ0) is 20.3. The number of fused-ring (bicyclic) bond motifs is 1. The Labute approximate surface area is 168 Å². The van der Waals surface area contributed by atoms with E-state index in [0.717, 1.165) is 22.4 Å². The van der Waals surface area contributed by atoms with Crippen molar-refractivity contribution in [2.24, 2.45) is 5.73 Å². The summed E-state index contributed by atoms with van der Waals surface area (Å²) in [6.45, 7) is 3.45. The Morgan fingerprint density at radius 2 is 2.07 bits per heavy atom. The second-order valence-electron chi connectivity index (χ2n) is 5.74. The van der Waals surface area contributed by atoms with Crippen LogP contribution < -0.4 is 11.1 Å². The number of thioether (sulfide) groups is 1. The fourth-order valence-corrected chi connectivity index (χ4v) is 4.33. The lowest BCUT2D eigenvalue weighted by molar-refractivity contribution is -0.113. The molecule has 0 unspecified atom stereocenters. The van der Waals surface area contributed by atoms with Gasteiger partial charge in [-0.15, -0.1) is 11.3 Å². The number of hydrogen-bond acceptors (Lipinski definition) is 7. The van der Waals surface area contributed by atoms with E-state index in [0.29, 0.717) is 10.7 Å². The Balaban J connectivity index is 1.74. The molecule has 0 saturated heterocycles. The van der Waals surface area contributed by atoms with Crippen LogP contribution in [0.3, 0.4) is 0 Å². The van der Waals surface area contributed by atoms with Crippen LogP contribution in [0.5, 0.6) is 0 Å². The van der Waals surface area contributed by atoms with Gasteiger partial charge in [0, 0.05) is 0 Å². The van der Waals surface area contributed by atoms with Crippen LogP contribution in [0.4, 0.5) is 5.00 Å². The first-order chi connectivity index (χ1) is 13.4. The van der Waals surface area contributed by atoms with E-state index in [1.165, 1.54) is 11.8 Å². The molecule has 8 nitrogen and oxygen atoms in total. The lowest BCUT2D eigenvalue weighted by Gasteiger charge is -2.06. The summed E-state index contributed by atoms with van der Waals surface area (Å²) in [5, 5.41) is 3.54. The Kier molecular flexibility index (Phi) is 6.00. The Morgan fingerprint density at radius 3 is 2.75 bits per heavy atom. The molecule has 0 aliphatic rings. The Bertz CT molecular complexity index is 1020. The molecular weight excluding hydrogens is 400 g/mol. The van der Waals surface area contributed by atoms with Gasteiger partial charge in [-0.1, -0.05) is 23.9 Å². The third kappa shape index (κ3) is 4.18. The molecule has 0 aliphatic heterocycles. The van der Waals surface area contributed by atoms with Crippen LogP contribution >= 0.6 is 23.1 Å². The van der Waals surface area contributed by atoms with Crippen LogP contribution in [0.1, 0.15) is 32.5 Å². The highest BCUT2D eigenvalue weighted by atomic mass is 32.2. The highest BCUT2D eigenvalue weighted by Crippen LogP contribution is 2.33. The molecule has 0 aliphatic carbocycles. The summed E-state index contributed by atoms with van der Waals surface area (Å²) in [6.07, 6.45) is 0. The third-order valence-electron chi connectivity index (χ3n) is 3.81. The first-order valence-corrected chi connectivity index (χ1v) is 10.2. The molecule has 28 heavy (non-hydrogen) atoms. The lowest BCUT2D eigenvalue weighted by Crippen LogP contribution is -2.16. The number of aromatic amines is 1. The van der Waals surface area contributed by atoms with Crippen molar-refractivity contribution in [1.82, 2.24) is 9.97 Å². The zero-order valence-electron chi connectivity index (χ0n) is 15.2. The summed E-state index contributed by atoms with van der Waals surface area (Å²) < 4.78 is 5.03. The number of hydrogen-bond donors (Lipinski definition) is 3. The van der Waals surface area contributed by atoms with Crippen molar-refractivity contribution in [3.05, 3.63) is 40.3 Å². The minimum atomic E-state index is -0.662. The minimum Gasteiger partial charge on any atom is -0.462 e. The number of esters is 1. The van der Waals surface area contributed by atoms with Crippen LogP contribution in [0.15, 0.2) is 29.4 Å². The Hall–Kier alpha value is -2.85. The molecule has 10 heteroatoms. The van der Waals surface area contributed by atoms with Gasteiger partial charge < -0.3 is 20.8 Å². The molecule has 0 spiro atoms. The number of nitrogens with one attached hydrogen (secondary N) is 2. The van der Waals surface area contributed by atoms with Crippen molar-refractivity contribution in [2.75, 3.05) is 17.7 Å². The number of benzene rings is 1. The van der Waals surface area contributed by atoms with E-state index < -0.39 is 11.9 Å². The van der Waals surface area contributed by atoms with E-state index in [-0.39, 0.29) is 33.7 Å². The monoisotopic (exact) mass is 418 g/mol. The first-order valence-electron chi connectivity index (χ1n) is 8.38. The number of para-hydroxylation sites is 2. The van der Waals surface area contributed by atoms with E-state index in [9.17, 15) is 14.4 Å². The Morgan fingerprint density at radius 1 is 1.32 bits per heavy atom. The number of imidazole rings is 1. The standard InChI is InChI=1S/C18H18N4O4S2/c1-3-26-17(25)13-9(2)14(15(19)24)28-16(13)22-12(23)8-27-18-20-10-6-4-5-7-11(10)21-18/h4-7H,3,8H2,1-2H3,(H2,19,24)(H,20,21)(H,22,23). The van der Waals surface area contributed by atoms with Gasteiger partial charge in [-0.05, 0) is 31.5 Å². The van der Waals surface area contributed by atoms with Gasteiger partial charge in [-0.2, -0.15) is 0 Å². The second kappa shape index (κ2) is 8.44. The van der Waals surface area contributed by atoms with Crippen molar-refractivity contribution >= 4 is 56.9 Å². The van der Waals surface area contributed by atoms with E-state index >= 15 is 0 Å². The number of aromatic nitrogens is 2. The molecule has 0 atom stereocenters. The summed E-state index contributed by atoms with van der Waals surface area (Å²) in [5.74, 6) is -1.53. The summed E-state index contributed by atoms with van der Waals surface area (Å²) >= 11 is 2.20. The fraction of sp³-hybridized carbons (Fsp3) is 0.222. The molecule has 2 aromatic heterocycles. The minimum absolute atomic E-state index is 0.0743. The molecule has 0 radical (unpaired) electrons. The number of H-pyrrole nitrogens is 1. The molecule has 3 aromatic rings. The number of thiophene rings is 1. The predicted octanol–water partition coefficient (Wildman–Crippen LogP) is 2.94. The number of rotatable bonds is 7. The van der Waals surface area contributed by atoms with Gasteiger partial charge >= 0.3 is 5.97 Å². The van der Waals surface area contributed by atoms with E-state index in [2.05, 4.69) is 15.3 Å². The molecule has 1 aromatic carbocycles. The summed E-state index contributed by atoms with van der Waals surface area (Å²) in [4.78, 5) is 44.0. The van der Waals surface area contributed by atoms with Gasteiger partial charge in [0.1, 0.15) is 5.00 Å². The van der Waals surface area contributed by atoms with Gasteiger partial charge in [0.15, 0.2) is 5.16 Å². The number of anilines is 1. The summed E-state index contributed by atoms with van der Waals surface area (Å²) in [6, 6.07) is 7.56. The van der Waals surface area contributed by atoms with Crippen LogP contribution in [0.25, 0.3) is 11.0 Å². The van der Waals surface area contributed by atoms with Crippen LogP contribution in [0.2, 0.25) is 0 Å². The molecule has 4 N–H and O–H groups in total. The number of nitrogens with two attached hydrogens (primary N) is 1. The van der Waals surface area contributed by atoms with Gasteiger partial charge in [0.25, 0.3) is 5.91 Å². The number of amides is 2. The number of nitrogens with zero attached hydrogens (tertiary/aromatic N) is 1. The second-order valence-corrected chi connectivity index (χ2v) is 7.73. The lowest BCUT2D eigenvalue weighted by atomic mass is 10.1. The molecule has 2 amide bonds. The highest BCUT2D eigenvalue weighted by Gasteiger charge is 2.25. The van der Waals surface area contributed by atoms with Gasteiger partial charge in [-0.3, -0.25) is 9.59 Å². The maximum Gasteiger partial charge on any atom is 0.341 e. The normalized spacial score (nSPS) is 10.8. The highest BCUT2D eigenvalue weighted by molar-refractivity contribution is 7.99. The summed E-state index contributed by atoms with van der Waals surface area (Å²) in [7, 11) is 0. The van der Waals surface area contributed by atoms with Gasteiger partial charge in [0.05, 0.1) is 33.8 Å². The zero-order valence-corrected chi connectivity index (χ0v) is 16.8. The fourth-order valence-electron chi connectivity index (χ4n) is 2.58. The quantitative estimate of drug-likeness (QED) is 0.400. The SMILES string of the molecule is CCOC(=O)c1c(NC(=O)CSc2nc3ccccc3[nH]2)sc(C(N)=O)c1C. The van der Waals surface area contributed by atoms with Gasteiger partial charge in [0.2, 0.25) is 5.91 Å². The third-order valence-corrected chi connectivity index (χ3v) is 5.91. The average Bonchev–Trinajstić information content (AvgIpc) is 3.20. The predicted molar refractivity (Wildman–Crippen MR) is 109 cm³/mol. The molecule has 2 heterocycles. The smallest absolute Gasteiger partial charge is 0.341 e. The van der Waals surface area contributed by atoms with Crippen molar-refractivity contribution in [3.8, 4) is 0 Å². The first kappa shape index (κ1) is 19.9. The summed E-state index contributed by atoms with van der Waals surface area (Å²) in [5.41, 5.74) is 7.62. The number of carbonyl (C=O) groups excluding carboxylic acids is 3. The molecule has 0 fully saturated rings. The topological polar surface area (TPSA) is 127 Å². The van der Waals surface area contributed by atoms with Crippen LogP contribution in [0, 0.1) is 6.92 Å². The van der Waals surface area contributed by atoms with Crippen molar-refractivity contribution in [3.63, 3.8) is 0 Å². The van der Waals surface area contributed by atoms with Crippen molar-refractivity contribution < 1.29 is 19.1 Å². The maximum atomic E-state index is 12.4. The van der Waals surface area contributed by atoms with Crippen molar-refractivity contribution in [1.29, 1.82) is 0 Å². The van der Waals surface area contributed by atoms with Crippen LogP contribution in [-0.4, -0.2) is 40.1 Å². The molecular formula is C18H18N4O4S2.